The molecule has 0 saturated carbocycles. The number of nitrogens with zero attached hydrogens (tertiary/aromatic N) is 6. The minimum atomic E-state index is -3.85. The van der Waals surface area contributed by atoms with Crippen LogP contribution in [-0.4, -0.2) is 57.5 Å². The van der Waals surface area contributed by atoms with Gasteiger partial charge in [0.1, 0.15) is 11.5 Å². The molecule has 2 aromatic carbocycles. The van der Waals surface area contributed by atoms with Gasteiger partial charge in [-0.1, -0.05) is 30.3 Å². The first-order valence-corrected chi connectivity index (χ1v) is 15.9. The third kappa shape index (κ3) is 5.70. The third-order valence-corrected chi connectivity index (χ3v) is 9.58. The van der Waals surface area contributed by atoms with Crippen molar-refractivity contribution in [1.29, 1.82) is 0 Å². The van der Waals surface area contributed by atoms with Crippen molar-refractivity contribution < 1.29 is 8.42 Å². The molecule has 4 heterocycles. The molecule has 1 fully saturated rings. The predicted molar refractivity (Wildman–Crippen MR) is 167 cm³/mol. The van der Waals surface area contributed by atoms with Gasteiger partial charge in [0.25, 0.3) is 5.56 Å². The number of hydrogen-bond acceptors (Lipinski definition) is 8. The summed E-state index contributed by atoms with van der Waals surface area (Å²) in [4.78, 5) is 30.0. The van der Waals surface area contributed by atoms with Crippen molar-refractivity contribution in [3.8, 4) is 11.4 Å². The van der Waals surface area contributed by atoms with Gasteiger partial charge >= 0.3 is 0 Å². The normalized spacial score (nSPS) is 15.9. The molecular weight excluding hydrogens is 562 g/mol. The Balaban J connectivity index is 1.31. The van der Waals surface area contributed by atoms with Gasteiger partial charge in [-0.2, -0.15) is 4.98 Å². The highest BCUT2D eigenvalue weighted by molar-refractivity contribution is 7.91. The summed E-state index contributed by atoms with van der Waals surface area (Å²) < 4.78 is 29.6. The van der Waals surface area contributed by atoms with Gasteiger partial charge in [0.2, 0.25) is 15.8 Å². The summed E-state index contributed by atoms with van der Waals surface area (Å²) in [6, 6.07) is 17.9. The Labute approximate surface area is 251 Å². The number of hydrogen-bond donors (Lipinski definition) is 1. The molecule has 0 radical (unpaired) electrons. The van der Waals surface area contributed by atoms with E-state index in [1.807, 2.05) is 26.0 Å². The van der Waals surface area contributed by atoms with Crippen LogP contribution in [0.3, 0.4) is 0 Å². The Hall–Kier alpha value is -4.35. The fourth-order valence-electron chi connectivity index (χ4n) is 5.74. The van der Waals surface area contributed by atoms with Gasteiger partial charge in [0.15, 0.2) is 5.03 Å². The highest BCUT2D eigenvalue weighted by Crippen LogP contribution is 2.27. The van der Waals surface area contributed by atoms with Crippen molar-refractivity contribution in [1.82, 2.24) is 29.0 Å². The van der Waals surface area contributed by atoms with E-state index < -0.39 is 9.84 Å². The number of likely N-dealkylation sites (tertiary alicyclic amines) is 1. The van der Waals surface area contributed by atoms with Crippen LogP contribution in [0.15, 0.2) is 87.8 Å². The van der Waals surface area contributed by atoms with E-state index >= 15 is 0 Å². The highest BCUT2D eigenvalue weighted by Gasteiger charge is 2.25. The van der Waals surface area contributed by atoms with E-state index in [0.717, 1.165) is 25.2 Å². The summed E-state index contributed by atoms with van der Waals surface area (Å²) in [5.41, 5.74) is 2.61. The number of aromatic nitrogens is 5. The molecule has 0 spiro atoms. The molecule has 10 nitrogen and oxygen atoms in total. The van der Waals surface area contributed by atoms with Crippen LogP contribution in [0, 0.1) is 5.92 Å². The van der Waals surface area contributed by atoms with Crippen LogP contribution in [0.1, 0.15) is 31.9 Å². The smallest absolute Gasteiger partial charge is 0.263 e. The van der Waals surface area contributed by atoms with E-state index in [1.165, 1.54) is 30.3 Å². The molecule has 11 heteroatoms. The Bertz CT molecular complexity index is 1950. The number of imidazole rings is 1. The minimum absolute atomic E-state index is 0.121. The van der Waals surface area contributed by atoms with Crippen molar-refractivity contribution in [2.45, 2.75) is 42.7 Å². The van der Waals surface area contributed by atoms with E-state index in [-0.39, 0.29) is 32.9 Å². The molecule has 222 valence electrons. The number of aryl methyl sites for hydroxylation is 1. The molecule has 0 aliphatic carbocycles. The lowest BCUT2D eigenvalue weighted by atomic mass is 9.98. The number of rotatable bonds is 8. The molecule has 3 aromatic heterocycles. The number of sulfone groups is 1. The van der Waals surface area contributed by atoms with E-state index in [9.17, 15) is 13.2 Å². The van der Waals surface area contributed by atoms with Gasteiger partial charge in [-0.25, -0.2) is 18.4 Å². The average molecular weight is 598 g/mol. The van der Waals surface area contributed by atoms with E-state index in [1.54, 1.807) is 46.6 Å². The fraction of sp³-hybridized carbons (Fsp3) is 0.312. The van der Waals surface area contributed by atoms with Gasteiger partial charge in [-0.15, -0.1) is 0 Å². The van der Waals surface area contributed by atoms with Crippen molar-refractivity contribution in [3.63, 3.8) is 0 Å². The molecule has 5 aromatic rings. The molecule has 1 atom stereocenters. The maximum atomic E-state index is 13.9. The summed E-state index contributed by atoms with van der Waals surface area (Å²) in [5.74, 6) is 1.32. The summed E-state index contributed by atoms with van der Waals surface area (Å²) in [7, 11) is -0.00453. The molecule has 1 N–H and O–H groups in total. The second kappa shape index (κ2) is 11.4. The molecule has 1 unspecified atom stereocenters. The van der Waals surface area contributed by atoms with Crippen LogP contribution in [0.25, 0.3) is 22.4 Å². The molecule has 0 amide bonds. The molecule has 0 bridgehead atoms. The van der Waals surface area contributed by atoms with E-state index in [4.69, 9.17) is 4.98 Å². The average Bonchev–Trinajstić information content (AvgIpc) is 3.59. The zero-order valence-electron chi connectivity index (χ0n) is 24.7. The SMILES string of the molecule is CC(C)n1c(=O)c(-c2nc(S(=O)(=O)c3ccccc3)cn2C)cc2cnc(Nc3ccc(CC4CCN(C)C4)cc3)nc21. The van der Waals surface area contributed by atoms with Gasteiger partial charge in [-0.05, 0) is 82.1 Å². The standard InChI is InChI=1S/C32H35N7O3S/c1-21(2)39-29-24(18-33-32(36-29)34-25-12-10-22(11-13-25)16-23-14-15-37(3)19-23)17-27(31(39)40)30-35-28(20-38(30)4)43(41,42)26-8-6-5-7-9-26/h5-13,17-18,20-21,23H,14-16,19H2,1-4H3,(H,33,34,36). The lowest BCUT2D eigenvalue weighted by Crippen LogP contribution is -2.25. The number of nitrogens with one attached hydrogen (secondary N) is 1. The van der Waals surface area contributed by atoms with Crippen LogP contribution in [-0.2, 0) is 23.3 Å². The van der Waals surface area contributed by atoms with Crippen molar-refractivity contribution in [2.75, 3.05) is 25.5 Å². The van der Waals surface area contributed by atoms with Gasteiger partial charge < -0.3 is 14.8 Å². The summed E-state index contributed by atoms with van der Waals surface area (Å²) in [5, 5.41) is 3.79. The van der Waals surface area contributed by atoms with Crippen molar-refractivity contribution in [2.24, 2.45) is 13.0 Å². The second-order valence-electron chi connectivity index (χ2n) is 11.6. The Morgan fingerprint density at radius 1 is 1.02 bits per heavy atom. The molecule has 43 heavy (non-hydrogen) atoms. The first kappa shape index (κ1) is 28.8. The van der Waals surface area contributed by atoms with Gasteiger partial charge in [0.05, 0.1) is 10.5 Å². The van der Waals surface area contributed by atoms with Crippen LogP contribution >= 0.6 is 0 Å². The Morgan fingerprint density at radius 3 is 2.44 bits per heavy atom. The first-order valence-electron chi connectivity index (χ1n) is 14.4. The quantitative estimate of drug-likeness (QED) is 0.270. The zero-order chi connectivity index (χ0) is 30.3. The lowest BCUT2D eigenvalue weighted by molar-refractivity contribution is 0.394. The summed E-state index contributed by atoms with van der Waals surface area (Å²) in [6.45, 7) is 6.11. The van der Waals surface area contributed by atoms with Crippen LogP contribution in [0.2, 0.25) is 0 Å². The maximum absolute atomic E-state index is 13.9. The van der Waals surface area contributed by atoms with Crippen LogP contribution in [0.5, 0.6) is 0 Å². The number of anilines is 2. The molecule has 1 aliphatic heterocycles. The topological polar surface area (TPSA) is 115 Å². The Morgan fingerprint density at radius 2 is 1.77 bits per heavy atom. The van der Waals surface area contributed by atoms with E-state index in [2.05, 4.69) is 39.4 Å². The molecule has 1 aliphatic rings. The van der Waals surface area contributed by atoms with Crippen molar-refractivity contribution >= 4 is 32.5 Å². The molecule has 1 saturated heterocycles. The zero-order valence-corrected chi connectivity index (χ0v) is 25.5. The Kier molecular flexibility index (Phi) is 7.61. The largest absolute Gasteiger partial charge is 0.332 e. The fourth-order valence-corrected chi connectivity index (χ4v) is 7.00. The highest BCUT2D eigenvalue weighted by atomic mass is 32.2. The summed E-state index contributed by atoms with van der Waals surface area (Å²) >= 11 is 0. The number of benzene rings is 2. The monoisotopic (exact) mass is 597 g/mol. The predicted octanol–water partition coefficient (Wildman–Crippen LogP) is 4.84. The van der Waals surface area contributed by atoms with Crippen LogP contribution in [0.4, 0.5) is 11.6 Å². The van der Waals surface area contributed by atoms with Crippen LogP contribution < -0.4 is 10.9 Å². The van der Waals surface area contributed by atoms with Gasteiger partial charge in [-0.3, -0.25) is 9.36 Å². The second-order valence-corrected chi connectivity index (χ2v) is 13.5. The number of pyridine rings is 1. The first-order chi connectivity index (χ1) is 20.6. The lowest BCUT2D eigenvalue weighted by Gasteiger charge is -2.16. The summed E-state index contributed by atoms with van der Waals surface area (Å²) in [6.07, 6.45) is 5.40. The number of fused-ring (bicyclic) bond motifs is 1. The van der Waals surface area contributed by atoms with Gasteiger partial charge in [0, 0.05) is 43.1 Å². The maximum Gasteiger partial charge on any atom is 0.263 e. The molecular formula is C32H35N7O3S. The molecule has 6 rings (SSSR count). The van der Waals surface area contributed by atoms with E-state index in [0.29, 0.717) is 22.9 Å². The minimum Gasteiger partial charge on any atom is -0.332 e. The van der Waals surface area contributed by atoms with Crippen molar-refractivity contribution in [3.05, 3.63) is 89.0 Å². The third-order valence-electron chi connectivity index (χ3n) is 7.94.